The van der Waals surface area contributed by atoms with Gasteiger partial charge < -0.3 is 19.9 Å². The zero-order valence-electron chi connectivity index (χ0n) is 17.5. The normalized spacial score (nSPS) is 14.0. The van der Waals surface area contributed by atoms with Gasteiger partial charge in [-0.2, -0.15) is 0 Å². The minimum atomic E-state index is -0.955. The average Bonchev–Trinajstić information content (AvgIpc) is 2.69. The van der Waals surface area contributed by atoms with Crippen molar-refractivity contribution < 1.29 is 24.2 Å². The second kappa shape index (κ2) is 10.2. The molecule has 162 valence electrons. The van der Waals surface area contributed by atoms with E-state index < -0.39 is 29.8 Å². The first-order chi connectivity index (χ1) is 14.1. The van der Waals surface area contributed by atoms with Crippen LogP contribution in [0.2, 0.25) is 5.15 Å². The summed E-state index contributed by atoms with van der Waals surface area (Å²) in [5.41, 5.74) is 0.659. The Balaban J connectivity index is 2.06. The summed E-state index contributed by atoms with van der Waals surface area (Å²) in [5, 5.41) is 12.9. The predicted octanol–water partition coefficient (Wildman–Crippen LogP) is 3.33. The van der Waals surface area contributed by atoms with Crippen LogP contribution in [0.3, 0.4) is 0 Å². The van der Waals surface area contributed by atoms with Gasteiger partial charge in [0.05, 0.1) is 7.11 Å². The summed E-state index contributed by atoms with van der Waals surface area (Å²) in [6.07, 6.45) is 2.52. The van der Waals surface area contributed by atoms with Crippen LogP contribution in [0.15, 0.2) is 30.6 Å². The third kappa shape index (κ3) is 5.60. The van der Waals surface area contributed by atoms with Gasteiger partial charge in [0.25, 0.3) is 5.91 Å². The van der Waals surface area contributed by atoms with Gasteiger partial charge in [0.15, 0.2) is 17.2 Å². The van der Waals surface area contributed by atoms with Crippen LogP contribution in [0.1, 0.15) is 49.7 Å². The molecule has 0 aliphatic rings. The summed E-state index contributed by atoms with van der Waals surface area (Å²) in [7, 11) is 1.36. The molecule has 2 heterocycles. The molecule has 0 saturated carbocycles. The molecule has 8 nitrogen and oxygen atoms in total. The van der Waals surface area contributed by atoms with Crippen LogP contribution in [0, 0.1) is 5.92 Å². The fourth-order valence-corrected chi connectivity index (χ4v) is 3.34. The Labute approximate surface area is 180 Å². The van der Waals surface area contributed by atoms with Gasteiger partial charge in [0, 0.05) is 24.4 Å². The van der Waals surface area contributed by atoms with Crippen molar-refractivity contribution >= 4 is 23.5 Å². The van der Waals surface area contributed by atoms with E-state index in [0.29, 0.717) is 5.15 Å². The third-order valence-corrected chi connectivity index (χ3v) is 4.91. The Hall–Kier alpha value is -2.87. The predicted molar refractivity (Wildman–Crippen MR) is 112 cm³/mol. The molecule has 30 heavy (non-hydrogen) atoms. The van der Waals surface area contributed by atoms with Crippen LogP contribution >= 0.6 is 11.6 Å². The zero-order chi connectivity index (χ0) is 22.4. The van der Waals surface area contributed by atoms with Gasteiger partial charge in [-0.05, 0) is 31.4 Å². The van der Waals surface area contributed by atoms with Crippen LogP contribution in [-0.4, -0.2) is 46.2 Å². The number of methoxy groups -OCH3 is 1. The number of esters is 1. The fourth-order valence-electron chi connectivity index (χ4n) is 3.23. The second-order valence-electron chi connectivity index (χ2n) is 7.23. The van der Waals surface area contributed by atoms with Gasteiger partial charge in [-0.1, -0.05) is 31.5 Å². The van der Waals surface area contributed by atoms with E-state index >= 15 is 0 Å². The number of aromatic nitrogens is 2. The molecule has 3 atom stereocenters. The molecule has 9 heteroatoms. The number of carbonyl (C=O) groups excluding carboxylic acids is 2. The van der Waals surface area contributed by atoms with Crippen molar-refractivity contribution in [3.8, 4) is 11.5 Å². The number of nitrogens with one attached hydrogen (secondary N) is 1. The Kier molecular flexibility index (Phi) is 8.00. The molecule has 0 spiro atoms. The second-order valence-corrected chi connectivity index (χ2v) is 7.62. The molecule has 0 aliphatic carbocycles. The van der Waals surface area contributed by atoms with Crippen molar-refractivity contribution in [3.63, 3.8) is 0 Å². The smallest absolute Gasteiger partial charge is 0.328 e. The lowest BCUT2D eigenvalue weighted by Gasteiger charge is -2.28. The van der Waals surface area contributed by atoms with Crippen LogP contribution in [0.25, 0.3) is 0 Å². The summed E-state index contributed by atoms with van der Waals surface area (Å²) in [6.45, 7) is 7.33. The van der Waals surface area contributed by atoms with Crippen molar-refractivity contribution in [1.29, 1.82) is 0 Å². The molecule has 0 saturated heterocycles. The van der Waals surface area contributed by atoms with Gasteiger partial charge in [-0.15, -0.1) is 0 Å². The Bertz CT molecular complexity index is 889. The molecule has 3 unspecified atom stereocenters. The number of aromatic hydroxyl groups is 1. The highest BCUT2D eigenvalue weighted by atomic mass is 35.5. The van der Waals surface area contributed by atoms with E-state index in [1.54, 1.807) is 19.2 Å². The van der Waals surface area contributed by atoms with Crippen LogP contribution < -0.4 is 10.1 Å². The lowest BCUT2D eigenvalue weighted by Crippen LogP contribution is -2.42. The highest BCUT2D eigenvalue weighted by Gasteiger charge is 2.29. The fraction of sp³-hybridized carbons (Fsp3) is 0.429. The molecule has 0 aliphatic heterocycles. The topological polar surface area (TPSA) is 111 Å². The first-order valence-electron chi connectivity index (χ1n) is 9.50. The Morgan fingerprint density at radius 2 is 1.83 bits per heavy atom. The molecular formula is C21H26ClN3O5. The van der Waals surface area contributed by atoms with E-state index in [1.165, 1.54) is 26.3 Å². The maximum absolute atomic E-state index is 12.6. The highest BCUT2D eigenvalue weighted by molar-refractivity contribution is 6.29. The van der Waals surface area contributed by atoms with Crippen molar-refractivity contribution in [3.05, 3.63) is 47.0 Å². The van der Waals surface area contributed by atoms with E-state index in [9.17, 15) is 14.7 Å². The monoisotopic (exact) mass is 435 g/mol. The number of hydrogen-bond acceptors (Lipinski definition) is 7. The largest absolute Gasteiger partial charge is 0.503 e. The van der Waals surface area contributed by atoms with Crippen LogP contribution in [0.4, 0.5) is 0 Å². The number of nitrogens with zero attached hydrogens (tertiary/aromatic N) is 2. The molecule has 2 N–H and O–H groups in total. The summed E-state index contributed by atoms with van der Waals surface area (Å²) in [4.78, 5) is 32.9. The van der Waals surface area contributed by atoms with Crippen LogP contribution in [0.5, 0.6) is 11.5 Å². The third-order valence-electron chi connectivity index (χ3n) is 4.68. The quantitative estimate of drug-likeness (QED) is 0.483. The zero-order valence-corrected chi connectivity index (χ0v) is 18.3. The van der Waals surface area contributed by atoms with E-state index in [2.05, 4.69) is 15.3 Å². The standard InChI is InChI=1S/C21H26ClN3O5/c1-11(2)17(14-6-7-16(22)24-10-14)13(4)30-21(28)12(3)25-20(27)18-19(26)15(29-5)8-9-23-18/h6-13,17,26H,1-5H3,(H,25,27). The van der Waals surface area contributed by atoms with Gasteiger partial charge in [-0.25, -0.2) is 14.8 Å². The lowest BCUT2D eigenvalue weighted by atomic mass is 9.85. The van der Waals surface area contributed by atoms with E-state index in [1.807, 2.05) is 19.9 Å². The Morgan fingerprint density at radius 3 is 2.40 bits per heavy atom. The number of carbonyl (C=O) groups is 2. The highest BCUT2D eigenvalue weighted by Crippen LogP contribution is 2.30. The minimum Gasteiger partial charge on any atom is -0.503 e. The van der Waals surface area contributed by atoms with Gasteiger partial charge >= 0.3 is 5.97 Å². The number of hydrogen-bond donors (Lipinski definition) is 2. The summed E-state index contributed by atoms with van der Waals surface area (Å²) >= 11 is 5.86. The molecule has 0 bridgehead atoms. The summed E-state index contributed by atoms with van der Waals surface area (Å²) < 4.78 is 10.6. The van der Waals surface area contributed by atoms with Crippen molar-refractivity contribution in [2.45, 2.75) is 45.8 Å². The summed E-state index contributed by atoms with van der Waals surface area (Å²) in [5.74, 6) is -1.56. The van der Waals surface area contributed by atoms with Crippen molar-refractivity contribution in [2.24, 2.45) is 5.92 Å². The van der Waals surface area contributed by atoms with Crippen LogP contribution in [-0.2, 0) is 9.53 Å². The molecule has 0 fully saturated rings. The maximum atomic E-state index is 12.6. The number of amides is 1. The molecule has 2 aromatic heterocycles. The molecule has 0 aromatic carbocycles. The number of rotatable bonds is 8. The van der Waals surface area contributed by atoms with Crippen molar-refractivity contribution in [2.75, 3.05) is 7.11 Å². The summed E-state index contributed by atoms with van der Waals surface area (Å²) in [6, 6.07) is 4.01. The molecular weight excluding hydrogens is 410 g/mol. The first kappa shape index (κ1) is 23.4. The Morgan fingerprint density at radius 1 is 1.13 bits per heavy atom. The maximum Gasteiger partial charge on any atom is 0.328 e. The minimum absolute atomic E-state index is 0.106. The average molecular weight is 436 g/mol. The van der Waals surface area contributed by atoms with Gasteiger partial charge in [0.2, 0.25) is 0 Å². The number of ether oxygens (including phenoxy) is 2. The van der Waals surface area contributed by atoms with E-state index in [4.69, 9.17) is 21.1 Å². The van der Waals surface area contributed by atoms with E-state index in [0.717, 1.165) is 5.56 Å². The lowest BCUT2D eigenvalue weighted by molar-refractivity contribution is -0.151. The molecule has 2 aromatic rings. The SMILES string of the molecule is COc1ccnc(C(=O)NC(C)C(=O)OC(C)C(c2ccc(Cl)nc2)C(C)C)c1O. The van der Waals surface area contributed by atoms with Gasteiger partial charge in [0.1, 0.15) is 17.3 Å². The number of pyridine rings is 2. The first-order valence-corrected chi connectivity index (χ1v) is 9.88. The number of halogens is 1. The molecule has 0 radical (unpaired) electrons. The molecule has 1 amide bonds. The van der Waals surface area contributed by atoms with Crippen molar-refractivity contribution in [1.82, 2.24) is 15.3 Å². The molecule has 2 rings (SSSR count). The van der Waals surface area contributed by atoms with E-state index in [-0.39, 0.29) is 23.3 Å². The van der Waals surface area contributed by atoms with Gasteiger partial charge in [-0.3, -0.25) is 4.79 Å².